The molecule has 2 aliphatic rings. The fourth-order valence-corrected chi connectivity index (χ4v) is 4.93. The van der Waals surface area contributed by atoms with E-state index in [1.165, 1.54) is 0 Å². The average molecular weight is 398 g/mol. The second-order valence-corrected chi connectivity index (χ2v) is 10.0. The van der Waals surface area contributed by atoms with Crippen LogP contribution in [-0.2, 0) is 19.5 Å². The van der Waals surface area contributed by atoms with Gasteiger partial charge in [0.05, 0.1) is 17.4 Å². The Morgan fingerprint density at radius 2 is 1.93 bits per heavy atom. The Bertz CT molecular complexity index is 907. The third-order valence-electron chi connectivity index (χ3n) is 4.87. The van der Waals surface area contributed by atoms with Gasteiger partial charge in [-0.15, -0.1) is 0 Å². The van der Waals surface area contributed by atoms with Crippen LogP contribution < -0.4 is 10.3 Å². The van der Waals surface area contributed by atoms with Gasteiger partial charge in [-0.3, -0.25) is 9.52 Å². The molecule has 0 bridgehead atoms. The van der Waals surface area contributed by atoms with Crippen LogP contribution >= 0.6 is 0 Å². The van der Waals surface area contributed by atoms with Gasteiger partial charge in [0, 0.05) is 23.3 Å². The van der Waals surface area contributed by atoms with Crippen LogP contribution in [0.4, 0.5) is 5.69 Å². The van der Waals surface area contributed by atoms with E-state index in [1.807, 2.05) is 20.8 Å². The predicted molar refractivity (Wildman–Crippen MR) is 100 cm³/mol. The van der Waals surface area contributed by atoms with Gasteiger partial charge in [-0.2, -0.15) is 0 Å². The third kappa shape index (κ3) is 4.03. The number of carbonyl (C=O) groups excluding carboxylic acids is 1. The van der Waals surface area contributed by atoms with Gasteiger partial charge < -0.3 is 14.5 Å². The minimum Gasteiger partial charge on any atom is -0.453 e. The summed E-state index contributed by atoms with van der Waals surface area (Å²) in [7, 11) is -3.87. The van der Waals surface area contributed by atoms with E-state index >= 15 is 0 Å². The van der Waals surface area contributed by atoms with E-state index < -0.39 is 39.2 Å². The summed E-state index contributed by atoms with van der Waals surface area (Å²) in [4.78, 5) is 27.6. The van der Waals surface area contributed by atoms with Gasteiger partial charge >= 0.3 is 5.97 Å². The maximum absolute atomic E-state index is 12.6. The number of cyclic esters (lactones) is 1. The van der Waals surface area contributed by atoms with Gasteiger partial charge in [-0.05, 0) is 26.2 Å². The molecule has 0 aromatic carbocycles. The minimum absolute atomic E-state index is 0.00399. The fraction of sp³-hybridized carbons (Fsp3) is 0.667. The van der Waals surface area contributed by atoms with Crippen LogP contribution in [0.2, 0.25) is 0 Å². The molecule has 0 amide bonds. The lowest BCUT2D eigenvalue weighted by atomic mass is 9.83. The highest BCUT2D eigenvalue weighted by Crippen LogP contribution is 2.45. The fourth-order valence-electron chi connectivity index (χ4n) is 3.59. The Kier molecular flexibility index (Phi) is 5.11. The second-order valence-electron chi connectivity index (χ2n) is 8.27. The first-order chi connectivity index (χ1) is 12.5. The van der Waals surface area contributed by atoms with E-state index in [0.717, 1.165) is 12.8 Å². The number of hydrogen-bond donors (Lipinski definition) is 2. The molecule has 0 aliphatic carbocycles. The largest absolute Gasteiger partial charge is 0.453 e. The monoisotopic (exact) mass is 398 g/mol. The van der Waals surface area contributed by atoms with Crippen LogP contribution in [0.3, 0.4) is 0 Å². The Hall–Kier alpha value is -1.87. The van der Waals surface area contributed by atoms with Crippen molar-refractivity contribution >= 4 is 21.7 Å². The summed E-state index contributed by atoms with van der Waals surface area (Å²) in [6.07, 6.45) is 1.48. The summed E-state index contributed by atoms with van der Waals surface area (Å²) in [5.41, 5.74) is -0.313. The standard InChI is InChI=1S/C18H26N2O6S/c1-10-12-13(17(22)26-15(12)18(2,3)4)14(16(21)19-10)20-27(23,24)9-11-7-5-6-8-25-11/h11,15,20H,5-9H2,1-4H3,(H,19,21). The first-order valence-corrected chi connectivity index (χ1v) is 10.7. The van der Waals surface area contributed by atoms with Crippen LogP contribution in [-0.4, -0.2) is 37.8 Å². The average Bonchev–Trinajstić information content (AvgIpc) is 2.90. The Morgan fingerprint density at radius 1 is 1.22 bits per heavy atom. The number of rotatable bonds is 4. The van der Waals surface area contributed by atoms with Crippen LogP contribution in [0.25, 0.3) is 0 Å². The van der Waals surface area contributed by atoms with Crippen molar-refractivity contribution in [2.45, 2.75) is 59.2 Å². The number of aryl methyl sites for hydroxylation is 1. The van der Waals surface area contributed by atoms with Gasteiger partial charge in [0.25, 0.3) is 5.56 Å². The van der Waals surface area contributed by atoms with Gasteiger partial charge in [-0.25, -0.2) is 13.2 Å². The quantitative estimate of drug-likeness (QED) is 0.752. The van der Waals surface area contributed by atoms with E-state index in [0.29, 0.717) is 24.3 Å². The van der Waals surface area contributed by atoms with Crippen LogP contribution in [0.5, 0.6) is 0 Å². The number of esters is 1. The Labute approximate surface area is 158 Å². The maximum Gasteiger partial charge on any atom is 0.341 e. The molecular weight excluding hydrogens is 372 g/mol. The van der Waals surface area contributed by atoms with E-state index in [4.69, 9.17) is 9.47 Å². The summed E-state index contributed by atoms with van der Waals surface area (Å²) < 4.78 is 38.5. The zero-order valence-electron chi connectivity index (χ0n) is 16.0. The smallest absolute Gasteiger partial charge is 0.341 e. The summed E-state index contributed by atoms with van der Waals surface area (Å²) in [6.45, 7) is 7.94. The molecule has 1 saturated heterocycles. The molecule has 2 atom stereocenters. The third-order valence-corrected chi connectivity index (χ3v) is 6.19. The molecule has 0 radical (unpaired) electrons. The number of hydrogen-bond acceptors (Lipinski definition) is 6. The van der Waals surface area contributed by atoms with E-state index in [1.54, 1.807) is 6.92 Å². The first-order valence-electron chi connectivity index (χ1n) is 9.09. The molecule has 27 heavy (non-hydrogen) atoms. The summed E-state index contributed by atoms with van der Waals surface area (Å²) in [5, 5.41) is 0. The zero-order chi connectivity index (χ0) is 20.0. The first kappa shape index (κ1) is 19.9. The molecule has 2 unspecified atom stereocenters. The maximum atomic E-state index is 12.6. The van der Waals surface area contributed by atoms with E-state index in [2.05, 4.69) is 9.71 Å². The molecule has 3 rings (SSSR count). The highest BCUT2D eigenvalue weighted by atomic mass is 32.2. The molecule has 3 heterocycles. The van der Waals surface area contributed by atoms with Crippen molar-refractivity contribution in [3.05, 3.63) is 27.2 Å². The van der Waals surface area contributed by atoms with Gasteiger partial charge in [-0.1, -0.05) is 20.8 Å². The molecule has 1 aromatic rings. The number of fused-ring (bicyclic) bond motifs is 1. The lowest BCUT2D eigenvalue weighted by molar-refractivity contribution is 0.00759. The van der Waals surface area contributed by atoms with E-state index in [9.17, 15) is 18.0 Å². The molecule has 2 N–H and O–H groups in total. The van der Waals surface area contributed by atoms with Crippen molar-refractivity contribution in [1.82, 2.24) is 4.98 Å². The highest BCUT2D eigenvalue weighted by Gasteiger charge is 2.43. The van der Waals surface area contributed by atoms with Crippen molar-refractivity contribution in [2.24, 2.45) is 5.41 Å². The number of aromatic amines is 1. The molecule has 8 nitrogen and oxygen atoms in total. The number of aromatic nitrogens is 1. The number of H-pyrrole nitrogens is 1. The highest BCUT2D eigenvalue weighted by molar-refractivity contribution is 7.92. The van der Waals surface area contributed by atoms with Crippen LogP contribution in [0, 0.1) is 12.3 Å². The number of pyridine rings is 1. The van der Waals surface area contributed by atoms with Gasteiger partial charge in [0.15, 0.2) is 0 Å². The van der Waals surface area contributed by atoms with Crippen LogP contribution in [0.15, 0.2) is 4.79 Å². The van der Waals surface area contributed by atoms with Crippen molar-refractivity contribution in [2.75, 3.05) is 17.1 Å². The predicted octanol–water partition coefficient (Wildman–Crippen LogP) is 2.25. The molecule has 150 valence electrons. The Balaban J connectivity index is 1.98. The number of nitrogens with one attached hydrogen (secondary N) is 2. The lowest BCUT2D eigenvalue weighted by Crippen LogP contribution is -2.33. The molecular formula is C18H26N2O6S. The number of sulfonamides is 1. The second kappa shape index (κ2) is 6.94. The van der Waals surface area contributed by atoms with Crippen LogP contribution in [0.1, 0.15) is 67.8 Å². The zero-order valence-corrected chi connectivity index (χ0v) is 16.9. The molecule has 0 spiro atoms. The van der Waals surface area contributed by atoms with E-state index in [-0.39, 0.29) is 17.0 Å². The molecule has 0 saturated carbocycles. The summed E-state index contributed by atoms with van der Waals surface area (Å²) >= 11 is 0. The molecule has 2 aliphatic heterocycles. The van der Waals surface area contributed by atoms with Crippen molar-refractivity contribution in [3.63, 3.8) is 0 Å². The molecule has 1 aromatic heterocycles. The summed E-state index contributed by atoms with van der Waals surface area (Å²) in [5.74, 6) is -0.946. The number of ether oxygens (including phenoxy) is 2. The van der Waals surface area contributed by atoms with Crippen molar-refractivity contribution in [3.8, 4) is 0 Å². The van der Waals surface area contributed by atoms with Crippen molar-refractivity contribution in [1.29, 1.82) is 0 Å². The molecule has 9 heteroatoms. The summed E-state index contributed by atoms with van der Waals surface area (Å²) in [6, 6.07) is 0. The number of carbonyl (C=O) groups is 1. The van der Waals surface area contributed by atoms with Gasteiger partial charge in [0.2, 0.25) is 10.0 Å². The van der Waals surface area contributed by atoms with Gasteiger partial charge in [0.1, 0.15) is 11.8 Å². The Morgan fingerprint density at radius 3 is 2.52 bits per heavy atom. The topological polar surface area (TPSA) is 115 Å². The normalized spacial score (nSPS) is 23.0. The SMILES string of the molecule is Cc1[nH]c(=O)c(NS(=O)(=O)CC2CCCCO2)c2c1C(C(C)(C)C)OC2=O. The number of anilines is 1. The lowest BCUT2D eigenvalue weighted by Gasteiger charge is -2.26. The molecule has 1 fully saturated rings. The van der Waals surface area contributed by atoms with Crippen molar-refractivity contribution < 1.29 is 22.7 Å². The minimum atomic E-state index is -3.87.